The summed E-state index contributed by atoms with van der Waals surface area (Å²) < 4.78 is 0. The van der Waals surface area contributed by atoms with Crippen LogP contribution >= 0.6 is 0 Å². The molecule has 0 rings (SSSR count). The van der Waals surface area contributed by atoms with Gasteiger partial charge in [-0.25, -0.2) is 0 Å². The highest BCUT2D eigenvalue weighted by Gasteiger charge is 2.15. The molecular weight excluding hydrogens is 386 g/mol. The normalized spacial score (nSPS) is 14.2. The summed E-state index contributed by atoms with van der Waals surface area (Å²) in [6.07, 6.45) is 25.9. The van der Waals surface area contributed by atoms with Gasteiger partial charge in [0, 0.05) is 13.0 Å². The average molecular weight is 438 g/mol. The number of nitrogens with zero attached hydrogens (tertiary/aromatic N) is 1. The van der Waals surface area contributed by atoms with Crippen LogP contribution in [-0.2, 0) is 4.79 Å². The lowest BCUT2D eigenvalue weighted by molar-refractivity contribution is -0.138. The second kappa shape index (κ2) is 21.9. The Labute approximate surface area is 192 Å². The average Bonchev–Trinajstić information content (AvgIpc) is 2.74. The fraction of sp³-hybridized carbons (Fsp3) is 0.846. The Balaban J connectivity index is 3.46. The number of hydrogen-bond donors (Lipinski definition) is 3. The molecule has 0 aliphatic heterocycles. The first-order valence-electron chi connectivity index (χ1n) is 12.9. The topological polar surface area (TPSA) is 102 Å². The largest absolute Gasteiger partial charge is 0.480 e. The number of rotatable bonds is 22. The van der Waals surface area contributed by atoms with Gasteiger partial charge in [0.05, 0.1) is 5.84 Å². The lowest BCUT2D eigenvalue weighted by Crippen LogP contribution is -2.32. The standard InChI is InChI=1S/C26H51N3O2/c1-3-4-5-6-7-8-9-10-11-12-13-14-15-16-17-18-19-20-25(28)29-22-23(2)21-24(27)26(30)31/h18-19,23-24H,3-17,20-22,27H2,1-2H3,(H2,28,29)(H,30,31)/t23?,24-/m0/s1. The number of carboxylic acid groups (broad SMARTS) is 1. The first-order valence-corrected chi connectivity index (χ1v) is 12.9. The minimum atomic E-state index is -0.963. The Hall–Kier alpha value is -1.36. The molecular formula is C26H51N3O2. The van der Waals surface area contributed by atoms with E-state index < -0.39 is 12.0 Å². The van der Waals surface area contributed by atoms with Crippen LogP contribution in [0.4, 0.5) is 0 Å². The molecule has 182 valence electrons. The van der Waals surface area contributed by atoms with E-state index in [9.17, 15) is 4.79 Å². The van der Waals surface area contributed by atoms with E-state index >= 15 is 0 Å². The Morgan fingerprint density at radius 2 is 1.35 bits per heavy atom. The minimum absolute atomic E-state index is 0.115. The molecule has 0 heterocycles. The zero-order valence-electron chi connectivity index (χ0n) is 20.5. The third kappa shape index (κ3) is 21.7. The number of carboxylic acids is 1. The van der Waals surface area contributed by atoms with Crippen LogP contribution in [0, 0.1) is 5.92 Å². The number of unbranched alkanes of at least 4 members (excludes halogenated alkanes) is 14. The van der Waals surface area contributed by atoms with Gasteiger partial charge in [0.15, 0.2) is 0 Å². The van der Waals surface area contributed by atoms with E-state index in [0.717, 1.165) is 6.42 Å². The van der Waals surface area contributed by atoms with Crippen molar-refractivity contribution >= 4 is 11.8 Å². The van der Waals surface area contributed by atoms with Gasteiger partial charge in [-0.3, -0.25) is 9.79 Å². The molecule has 0 fully saturated rings. The monoisotopic (exact) mass is 437 g/mol. The maximum Gasteiger partial charge on any atom is 0.320 e. The third-order valence-electron chi connectivity index (χ3n) is 5.80. The second-order valence-electron chi connectivity index (χ2n) is 9.18. The highest BCUT2D eigenvalue weighted by Crippen LogP contribution is 2.13. The molecule has 0 aromatic heterocycles. The van der Waals surface area contributed by atoms with E-state index in [2.05, 4.69) is 24.1 Å². The molecule has 0 aliphatic rings. The summed E-state index contributed by atoms with van der Waals surface area (Å²) in [5, 5.41) is 8.83. The maximum absolute atomic E-state index is 10.8. The molecule has 0 aromatic carbocycles. The summed E-state index contributed by atoms with van der Waals surface area (Å²) in [4.78, 5) is 15.1. The zero-order valence-corrected chi connectivity index (χ0v) is 20.5. The molecule has 2 atom stereocenters. The number of hydrogen-bond acceptors (Lipinski definition) is 3. The summed E-state index contributed by atoms with van der Waals surface area (Å²) in [7, 11) is 0. The van der Waals surface area contributed by atoms with Crippen LogP contribution in [0.1, 0.15) is 123 Å². The first kappa shape index (κ1) is 29.6. The summed E-state index contributed by atoms with van der Waals surface area (Å²) in [6.45, 7) is 4.75. The van der Waals surface area contributed by atoms with Crippen molar-refractivity contribution in [1.82, 2.24) is 0 Å². The third-order valence-corrected chi connectivity index (χ3v) is 5.80. The molecule has 0 saturated heterocycles. The lowest BCUT2D eigenvalue weighted by Gasteiger charge is -2.11. The SMILES string of the molecule is CCCCCCCCCCCCCCCCC=CCC(N)=NCC(C)C[C@H](N)C(=O)O. The van der Waals surface area contributed by atoms with Crippen LogP contribution in [0.5, 0.6) is 0 Å². The zero-order chi connectivity index (χ0) is 23.2. The molecule has 0 saturated carbocycles. The molecule has 0 radical (unpaired) electrons. The molecule has 0 amide bonds. The fourth-order valence-corrected chi connectivity index (χ4v) is 3.73. The Morgan fingerprint density at radius 1 is 0.871 bits per heavy atom. The van der Waals surface area contributed by atoms with Crippen molar-refractivity contribution in [3.8, 4) is 0 Å². The van der Waals surface area contributed by atoms with Gasteiger partial charge in [-0.05, 0) is 25.2 Å². The van der Waals surface area contributed by atoms with Gasteiger partial charge in [-0.1, -0.05) is 109 Å². The van der Waals surface area contributed by atoms with E-state index in [1.54, 1.807) is 0 Å². The number of amidine groups is 1. The molecule has 5 nitrogen and oxygen atoms in total. The molecule has 5 heteroatoms. The van der Waals surface area contributed by atoms with Crippen molar-refractivity contribution in [2.24, 2.45) is 22.4 Å². The quantitative estimate of drug-likeness (QED) is 0.0768. The molecule has 0 bridgehead atoms. The lowest BCUT2D eigenvalue weighted by atomic mass is 10.0. The predicted molar refractivity (Wildman–Crippen MR) is 135 cm³/mol. The highest BCUT2D eigenvalue weighted by molar-refractivity contribution is 5.81. The van der Waals surface area contributed by atoms with Crippen LogP contribution in [0.2, 0.25) is 0 Å². The fourth-order valence-electron chi connectivity index (χ4n) is 3.73. The van der Waals surface area contributed by atoms with Crippen LogP contribution in [0.25, 0.3) is 0 Å². The van der Waals surface area contributed by atoms with Crippen LogP contribution in [-0.4, -0.2) is 29.5 Å². The van der Waals surface area contributed by atoms with Crippen LogP contribution in [0.15, 0.2) is 17.1 Å². The molecule has 5 N–H and O–H groups in total. The number of aliphatic carboxylic acids is 1. The summed E-state index contributed by atoms with van der Waals surface area (Å²) >= 11 is 0. The van der Waals surface area contributed by atoms with E-state index in [-0.39, 0.29) is 5.92 Å². The number of aliphatic imine (C=N–C) groups is 1. The van der Waals surface area contributed by atoms with Crippen molar-refractivity contribution < 1.29 is 9.90 Å². The number of nitrogens with two attached hydrogens (primary N) is 2. The van der Waals surface area contributed by atoms with Crippen molar-refractivity contribution in [3.05, 3.63) is 12.2 Å². The van der Waals surface area contributed by atoms with Gasteiger partial charge in [-0.15, -0.1) is 0 Å². The first-order chi connectivity index (χ1) is 15.0. The van der Waals surface area contributed by atoms with Crippen molar-refractivity contribution in [3.63, 3.8) is 0 Å². The van der Waals surface area contributed by atoms with E-state index in [4.69, 9.17) is 16.6 Å². The molecule has 0 spiro atoms. The molecule has 0 aromatic rings. The maximum atomic E-state index is 10.8. The summed E-state index contributed by atoms with van der Waals surface area (Å²) in [5.74, 6) is -0.243. The second-order valence-corrected chi connectivity index (χ2v) is 9.18. The van der Waals surface area contributed by atoms with Crippen LogP contribution in [0.3, 0.4) is 0 Å². The van der Waals surface area contributed by atoms with E-state index in [1.165, 1.54) is 89.9 Å². The Bertz CT molecular complexity index is 477. The van der Waals surface area contributed by atoms with Crippen molar-refractivity contribution in [1.29, 1.82) is 0 Å². The minimum Gasteiger partial charge on any atom is -0.480 e. The van der Waals surface area contributed by atoms with Gasteiger partial charge in [0.25, 0.3) is 0 Å². The van der Waals surface area contributed by atoms with E-state index in [0.29, 0.717) is 25.2 Å². The van der Waals surface area contributed by atoms with Gasteiger partial charge in [0.1, 0.15) is 6.04 Å². The van der Waals surface area contributed by atoms with Crippen LogP contribution < -0.4 is 11.5 Å². The van der Waals surface area contributed by atoms with Gasteiger partial charge < -0.3 is 16.6 Å². The molecule has 0 aliphatic carbocycles. The smallest absolute Gasteiger partial charge is 0.320 e. The number of carbonyl (C=O) groups is 1. The van der Waals surface area contributed by atoms with Crippen molar-refractivity contribution in [2.75, 3.05) is 6.54 Å². The number of allylic oxidation sites excluding steroid dienone is 1. The summed E-state index contributed by atoms with van der Waals surface area (Å²) in [6, 6.07) is -0.823. The van der Waals surface area contributed by atoms with Gasteiger partial charge >= 0.3 is 5.97 Å². The molecule has 31 heavy (non-hydrogen) atoms. The van der Waals surface area contributed by atoms with Gasteiger partial charge in [-0.2, -0.15) is 0 Å². The molecule has 1 unspecified atom stereocenters. The highest BCUT2D eigenvalue weighted by atomic mass is 16.4. The Kier molecular flexibility index (Phi) is 20.9. The Morgan fingerprint density at radius 3 is 1.84 bits per heavy atom. The van der Waals surface area contributed by atoms with Gasteiger partial charge in [0.2, 0.25) is 0 Å². The predicted octanol–water partition coefficient (Wildman–Crippen LogP) is 6.60. The van der Waals surface area contributed by atoms with E-state index in [1.807, 2.05) is 6.92 Å². The van der Waals surface area contributed by atoms with Crippen molar-refractivity contribution in [2.45, 2.75) is 129 Å². The summed E-state index contributed by atoms with van der Waals surface area (Å²) in [5.41, 5.74) is 11.5.